The molecule has 0 spiro atoms. The van der Waals surface area contributed by atoms with Gasteiger partial charge >= 0.3 is 0 Å². The highest BCUT2D eigenvalue weighted by molar-refractivity contribution is 7.91. The van der Waals surface area contributed by atoms with Gasteiger partial charge in [0.15, 0.2) is 0 Å². The first-order valence-electron chi connectivity index (χ1n) is 8.71. The minimum Gasteiger partial charge on any atom is -0.342 e. The molecule has 1 fully saturated rings. The molecule has 2 aromatic heterocycles. The molecule has 4 rings (SSSR count). The van der Waals surface area contributed by atoms with Crippen LogP contribution in [0, 0.1) is 6.92 Å². The van der Waals surface area contributed by atoms with Crippen molar-refractivity contribution in [2.24, 2.45) is 0 Å². The molecule has 1 aromatic carbocycles. The molecule has 0 saturated carbocycles. The lowest BCUT2D eigenvalue weighted by molar-refractivity contribution is 0.310. The number of aryl methyl sites for hydroxylation is 1. The summed E-state index contributed by atoms with van der Waals surface area (Å²) in [4.78, 5) is 8.93. The van der Waals surface area contributed by atoms with Crippen molar-refractivity contribution in [1.29, 1.82) is 0 Å². The molecule has 0 bridgehead atoms. The van der Waals surface area contributed by atoms with Crippen LogP contribution >= 0.6 is 11.3 Å². The van der Waals surface area contributed by atoms with Crippen molar-refractivity contribution in [3.8, 4) is 11.3 Å². The minimum absolute atomic E-state index is 0.0945. The molecule has 0 aliphatic carbocycles. The predicted octanol–water partition coefficient (Wildman–Crippen LogP) is 4.01. The number of piperidine rings is 1. The van der Waals surface area contributed by atoms with E-state index in [1.54, 1.807) is 10.4 Å². The first-order valence-corrected chi connectivity index (χ1v) is 11.0. The molecule has 3 aromatic rings. The Balaban J connectivity index is 1.55. The van der Waals surface area contributed by atoms with Gasteiger partial charge in [-0.3, -0.25) is 0 Å². The van der Waals surface area contributed by atoms with Gasteiger partial charge in [0.25, 0.3) is 10.0 Å². The fourth-order valence-corrected chi connectivity index (χ4v) is 6.33. The van der Waals surface area contributed by atoms with E-state index < -0.39 is 10.0 Å². The molecule has 0 unspecified atom stereocenters. The number of nitrogens with zero attached hydrogens (tertiary/aromatic N) is 2. The smallest absolute Gasteiger partial charge is 0.252 e. The van der Waals surface area contributed by atoms with Crippen molar-refractivity contribution >= 4 is 21.4 Å². The van der Waals surface area contributed by atoms with Crippen LogP contribution in [-0.2, 0) is 10.0 Å². The van der Waals surface area contributed by atoms with E-state index in [1.807, 2.05) is 49.5 Å². The molecule has 1 atom stereocenters. The molecule has 1 saturated heterocycles. The molecule has 26 heavy (non-hydrogen) atoms. The van der Waals surface area contributed by atoms with Crippen LogP contribution in [0.1, 0.15) is 29.5 Å². The van der Waals surface area contributed by atoms with Crippen molar-refractivity contribution in [3.63, 3.8) is 0 Å². The number of sulfonamides is 1. The van der Waals surface area contributed by atoms with Gasteiger partial charge in [-0.05, 0) is 37.5 Å². The predicted molar refractivity (Wildman–Crippen MR) is 104 cm³/mol. The second-order valence-electron chi connectivity index (χ2n) is 6.62. The van der Waals surface area contributed by atoms with Crippen LogP contribution in [0.4, 0.5) is 0 Å². The summed E-state index contributed by atoms with van der Waals surface area (Å²) in [7, 11) is -3.42. The largest absolute Gasteiger partial charge is 0.342 e. The molecule has 1 N–H and O–H groups in total. The molecule has 5 nitrogen and oxygen atoms in total. The second kappa shape index (κ2) is 6.98. The maximum Gasteiger partial charge on any atom is 0.252 e. The summed E-state index contributed by atoms with van der Waals surface area (Å²) >= 11 is 1.33. The number of nitrogens with one attached hydrogen (secondary N) is 1. The van der Waals surface area contributed by atoms with E-state index in [4.69, 9.17) is 0 Å². The quantitative estimate of drug-likeness (QED) is 0.735. The number of hydrogen-bond acceptors (Lipinski definition) is 4. The van der Waals surface area contributed by atoms with Gasteiger partial charge in [-0.15, -0.1) is 11.3 Å². The van der Waals surface area contributed by atoms with Crippen molar-refractivity contribution in [3.05, 3.63) is 59.4 Å². The molecule has 1 aliphatic heterocycles. The SMILES string of the molecule is Cc1ccc(S(=O)(=O)N2CCC[C@@H](c3ncc(-c4ccccc4)[nH]3)C2)s1. The third-order valence-corrected chi connectivity index (χ3v) is 8.09. The zero-order valence-electron chi connectivity index (χ0n) is 14.6. The summed E-state index contributed by atoms with van der Waals surface area (Å²) in [6.07, 6.45) is 3.62. The lowest BCUT2D eigenvalue weighted by Crippen LogP contribution is -2.39. The van der Waals surface area contributed by atoms with Gasteiger partial charge in [0.05, 0.1) is 11.9 Å². The van der Waals surface area contributed by atoms with Crippen molar-refractivity contribution in [2.45, 2.75) is 29.9 Å². The molecule has 136 valence electrons. The Kier molecular flexibility index (Phi) is 4.69. The Morgan fingerprint density at radius 1 is 1.19 bits per heavy atom. The molecule has 3 heterocycles. The zero-order chi connectivity index (χ0) is 18.1. The first-order chi connectivity index (χ1) is 12.5. The Labute approximate surface area is 157 Å². The van der Waals surface area contributed by atoms with E-state index in [1.165, 1.54) is 11.3 Å². The number of H-pyrrole nitrogens is 1. The van der Waals surface area contributed by atoms with E-state index in [0.717, 1.165) is 34.8 Å². The molecule has 0 radical (unpaired) electrons. The van der Waals surface area contributed by atoms with E-state index in [2.05, 4.69) is 9.97 Å². The van der Waals surface area contributed by atoms with Gasteiger partial charge in [0, 0.05) is 23.9 Å². The Morgan fingerprint density at radius 3 is 2.73 bits per heavy atom. The summed E-state index contributed by atoms with van der Waals surface area (Å²) < 4.78 is 27.9. The van der Waals surface area contributed by atoms with E-state index in [9.17, 15) is 8.42 Å². The number of aromatic nitrogens is 2. The van der Waals surface area contributed by atoms with Crippen molar-refractivity contribution in [2.75, 3.05) is 13.1 Å². The van der Waals surface area contributed by atoms with E-state index in [-0.39, 0.29) is 5.92 Å². The number of rotatable bonds is 4. The molecule has 0 amide bonds. The normalized spacial score (nSPS) is 18.9. The van der Waals surface area contributed by atoms with Crippen LogP contribution in [-0.4, -0.2) is 35.8 Å². The Bertz CT molecular complexity index is 993. The Morgan fingerprint density at radius 2 is 2.00 bits per heavy atom. The minimum atomic E-state index is -3.42. The van der Waals surface area contributed by atoms with Gasteiger partial charge in [-0.2, -0.15) is 4.31 Å². The summed E-state index contributed by atoms with van der Waals surface area (Å²) in [5, 5.41) is 0. The van der Waals surface area contributed by atoms with Crippen LogP contribution in [0.2, 0.25) is 0 Å². The lowest BCUT2D eigenvalue weighted by atomic mass is 9.99. The second-order valence-corrected chi connectivity index (χ2v) is 10.1. The van der Waals surface area contributed by atoms with Gasteiger partial charge < -0.3 is 4.98 Å². The lowest BCUT2D eigenvalue weighted by Gasteiger charge is -2.30. The summed E-state index contributed by atoms with van der Waals surface area (Å²) in [5.41, 5.74) is 2.05. The average molecular weight is 388 g/mol. The van der Waals surface area contributed by atoms with Crippen LogP contribution in [0.3, 0.4) is 0 Å². The standard InChI is InChI=1S/C19H21N3O2S2/c1-14-9-10-18(25-14)26(23,24)22-11-5-8-16(13-22)19-20-12-17(21-19)15-6-3-2-4-7-15/h2-4,6-7,9-10,12,16H,5,8,11,13H2,1H3,(H,20,21)/t16-/m1/s1. The topological polar surface area (TPSA) is 66.1 Å². The molecule has 7 heteroatoms. The van der Waals surface area contributed by atoms with Gasteiger partial charge in [0.2, 0.25) is 0 Å². The maximum atomic E-state index is 12.9. The molecular weight excluding hydrogens is 366 g/mol. The maximum absolute atomic E-state index is 12.9. The van der Waals surface area contributed by atoms with Crippen molar-refractivity contribution < 1.29 is 8.42 Å². The van der Waals surface area contributed by atoms with Crippen LogP contribution in [0.5, 0.6) is 0 Å². The van der Waals surface area contributed by atoms with Crippen molar-refractivity contribution in [1.82, 2.24) is 14.3 Å². The van der Waals surface area contributed by atoms with E-state index >= 15 is 0 Å². The van der Waals surface area contributed by atoms with Crippen LogP contribution < -0.4 is 0 Å². The summed E-state index contributed by atoms with van der Waals surface area (Å²) in [6, 6.07) is 13.6. The number of imidazole rings is 1. The monoisotopic (exact) mass is 387 g/mol. The number of hydrogen-bond donors (Lipinski definition) is 1. The zero-order valence-corrected chi connectivity index (χ0v) is 16.2. The Hall–Kier alpha value is -1.96. The van der Waals surface area contributed by atoms with E-state index in [0.29, 0.717) is 17.3 Å². The molecular formula is C19H21N3O2S2. The van der Waals surface area contributed by atoms with Crippen LogP contribution in [0.25, 0.3) is 11.3 Å². The number of benzene rings is 1. The average Bonchev–Trinajstić information content (AvgIpc) is 3.32. The van der Waals surface area contributed by atoms with Gasteiger partial charge in [0.1, 0.15) is 10.0 Å². The summed E-state index contributed by atoms with van der Waals surface area (Å²) in [5.74, 6) is 0.961. The van der Waals surface area contributed by atoms with Crippen LogP contribution in [0.15, 0.2) is 52.9 Å². The fraction of sp³-hybridized carbons (Fsp3) is 0.316. The number of thiophene rings is 1. The first kappa shape index (κ1) is 17.5. The highest BCUT2D eigenvalue weighted by Gasteiger charge is 2.32. The highest BCUT2D eigenvalue weighted by Crippen LogP contribution is 2.32. The van der Waals surface area contributed by atoms with Gasteiger partial charge in [-0.25, -0.2) is 13.4 Å². The number of aromatic amines is 1. The fourth-order valence-electron chi connectivity index (χ4n) is 3.37. The summed E-state index contributed by atoms with van der Waals surface area (Å²) in [6.45, 7) is 2.97. The third-order valence-electron chi connectivity index (χ3n) is 4.76. The highest BCUT2D eigenvalue weighted by atomic mass is 32.2. The molecule has 1 aliphatic rings. The van der Waals surface area contributed by atoms with Gasteiger partial charge in [-0.1, -0.05) is 30.3 Å². The third kappa shape index (κ3) is 3.34.